The lowest BCUT2D eigenvalue weighted by atomic mass is 10.2. The van der Waals surface area contributed by atoms with Crippen molar-refractivity contribution in [2.24, 2.45) is 0 Å². The SMILES string of the molecule is O=C([O-])/C=C/C=C/C(=O)[O-].[NH3+]Cc1ccccc1.[NH3+]Cc1ccccc1. The summed E-state index contributed by atoms with van der Waals surface area (Å²) in [7, 11) is 0. The van der Waals surface area contributed by atoms with E-state index in [4.69, 9.17) is 0 Å². The van der Waals surface area contributed by atoms with Crippen molar-refractivity contribution in [3.05, 3.63) is 96.1 Å². The average molecular weight is 356 g/mol. The third-order valence-corrected chi connectivity index (χ3v) is 2.84. The lowest BCUT2D eigenvalue weighted by Gasteiger charge is -1.88. The molecule has 0 saturated carbocycles. The van der Waals surface area contributed by atoms with Crippen molar-refractivity contribution in [3.8, 4) is 0 Å². The summed E-state index contributed by atoms with van der Waals surface area (Å²) >= 11 is 0. The third-order valence-electron chi connectivity index (χ3n) is 2.84. The molecule has 0 aromatic heterocycles. The van der Waals surface area contributed by atoms with Gasteiger partial charge in [-0.1, -0.05) is 72.8 Å². The van der Waals surface area contributed by atoms with Crippen LogP contribution in [-0.4, -0.2) is 11.9 Å². The van der Waals surface area contributed by atoms with E-state index in [1.54, 1.807) is 0 Å². The molecule has 26 heavy (non-hydrogen) atoms. The van der Waals surface area contributed by atoms with Gasteiger partial charge in [0.15, 0.2) is 0 Å². The van der Waals surface area contributed by atoms with Crippen molar-refractivity contribution in [3.63, 3.8) is 0 Å². The van der Waals surface area contributed by atoms with E-state index < -0.39 is 11.9 Å². The number of aliphatic carboxylic acids is 2. The van der Waals surface area contributed by atoms with Crippen LogP contribution in [0, 0.1) is 0 Å². The normalized spacial score (nSPS) is 9.77. The van der Waals surface area contributed by atoms with E-state index in [0.717, 1.165) is 25.2 Å². The largest absolute Gasteiger partial charge is 0.545 e. The van der Waals surface area contributed by atoms with Crippen LogP contribution < -0.4 is 21.7 Å². The molecule has 0 unspecified atom stereocenters. The van der Waals surface area contributed by atoms with Crippen LogP contribution in [0.15, 0.2) is 85.0 Å². The van der Waals surface area contributed by atoms with Gasteiger partial charge < -0.3 is 31.3 Å². The number of carbonyl (C=O) groups is 2. The van der Waals surface area contributed by atoms with Crippen molar-refractivity contribution in [2.45, 2.75) is 13.1 Å². The predicted octanol–water partition coefficient (Wildman–Crippen LogP) is -1.54. The highest BCUT2D eigenvalue weighted by Crippen LogP contribution is 1.94. The minimum absolute atomic E-state index is 0.708. The van der Waals surface area contributed by atoms with Gasteiger partial charge in [-0.05, 0) is 12.2 Å². The fourth-order valence-electron chi connectivity index (χ4n) is 1.56. The molecule has 0 amide bonds. The number of quaternary nitrogens is 2. The Kier molecular flexibility index (Phi) is 13.4. The van der Waals surface area contributed by atoms with Crippen LogP contribution in [0.1, 0.15) is 11.1 Å². The molecule has 0 saturated heterocycles. The minimum Gasteiger partial charge on any atom is -0.545 e. The number of rotatable bonds is 5. The summed E-state index contributed by atoms with van der Waals surface area (Å²) < 4.78 is 0. The summed E-state index contributed by atoms with van der Waals surface area (Å²) in [4.78, 5) is 19.3. The van der Waals surface area contributed by atoms with E-state index in [0.29, 0.717) is 12.2 Å². The molecule has 0 radical (unpaired) electrons. The number of allylic oxidation sites excluding steroid dienone is 2. The van der Waals surface area contributed by atoms with Gasteiger partial charge in [-0.25, -0.2) is 0 Å². The average Bonchev–Trinajstić information content (AvgIpc) is 2.67. The van der Waals surface area contributed by atoms with Gasteiger partial charge >= 0.3 is 0 Å². The summed E-state index contributed by atoms with van der Waals surface area (Å²) in [6, 6.07) is 20.4. The first kappa shape index (κ1) is 22.8. The van der Waals surface area contributed by atoms with Crippen LogP contribution in [0.2, 0.25) is 0 Å². The highest BCUT2D eigenvalue weighted by Gasteiger charge is 1.83. The molecule has 0 atom stereocenters. The van der Waals surface area contributed by atoms with Gasteiger partial charge in [0.05, 0.1) is 25.0 Å². The fraction of sp³-hybridized carbons (Fsp3) is 0.100. The van der Waals surface area contributed by atoms with E-state index in [2.05, 4.69) is 35.7 Å². The molecular weight excluding hydrogens is 332 g/mol. The Balaban J connectivity index is 0.000000363. The van der Waals surface area contributed by atoms with E-state index in [1.165, 1.54) is 11.1 Å². The molecule has 0 aliphatic carbocycles. The second-order valence-electron chi connectivity index (χ2n) is 4.83. The molecule has 0 aliphatic rings. The molecule has 6 nitrogen and oxygen atoms in total. The van der Waals surface area contributed by atoms with Gasteiger partial charge in [0.1, 0.15) is 0 Å². The molecule has 6 heteroatoms. The molecule has 0 bridgehead atoms. The quantitative estimate of drug-likeness (QED) is 0.495. The number of carboxylic acid groups (broad SMARTS) is 2. The zero-order chi connectivity index (χ0) is 19.6. The maximum atomic E-state index is 9.65. The molecule has 2 rings (SSSR count). The Morgan fingerprint density at radius 1 is 0.692 bits per heavy atom. The van der Waals surface area contributed by atoms with Crippen molar-refractivity contribution in [1.29, 1.82) is 0 Å². The fourth-order valence-corrected chi connectivity index (χ4v) is 1.56. The lowest BCUT2D eigenvalue weighted by Crippen LogP contribution is -2.47. The van der Waals surface area contributed by atoms with Gasteiger partial charge in [0.25, 0.3) is 0 Å². The van der Waals surface area contributed by atoms with E-state index in [-0.39, 0.29) is 0 Å². The van der Waals surface area contributed by atoms with Gasteiger partial charge in [0, 0.05) is 11.1 Å². The maximum absolute atomic E-state index is 9.65. The molecule has 0 aliphatic heterocycles. The van der Waals surface area contributed by atoms with Crippen LogP contribution in [-0.2, 0) is 22.7 Å². The molecule has 138 valence electrons. The summed E-state index contributed by atoms with van der Waals surface area (Å²) in [6.07, 6.45) is 3.48. The van der Waals surface area contributed by atoms with Crippen molar-refractivity contribution in [1.82, 2.24) is 0 Å². The first-order valence-corrected chi connectivity index (χ1v) is 7.92. The van der Waals surface area contributed by atoms with E-state index in [1.807, 2.05) is 36.4 Å². The Hall–Kier alpha value is -3.22. The Labute approximate surface area is 153 Å². The zero-order valence-electron chi connectivity index (χ0n) is 14.5. The zero-order valence-corrected chi connectivity index (χ0v) is 14.5. The van der Waals surface area contributed by atoms with Crippen molar-refractivity contribution in [2.75, 3.05) is 0 Å². The Morgan fingerprint density at radius 2 is 1.00 bits per heavy atom. The number of hydrogen-bond acceptors (Lipinski definition) is 4. The number of hydrogen-bond donors (Lipinski definition) is 2. The summed E-state index contributed by atoms with van der Waals surface area (Å²) in [5.41, 5.74) is 10.1. The van der Waals surface area contributed by atoms with Crippen LogP contribution in [0.5, 0.6) is 0 Å². The van der Waals surface area contributed by atoms with Crippen LogP contribution in [0.3, 0.4) is 0 Å². The van der Waals surface area contributed by atoms with Crippen LogP contribution in [0.4, 0.5) is 0 Å². The molecule has 0 spiro atoms. The Bertz CT molecular complexity index is 622. The molecular formula is C20H24N2O4. The monoisotopic (exact) mass is 356 g/mol. The van der Waals surface area contributed by atoms with E-state index >= 15 is 0 Å². The summed E-state index contributed by atoms with van der Waals surface area (Å²) in [5, 5.41) is 19.3. The predicted molar refractivity (Wildman–Crippen MR) is 94.4 cm³/mol. The van der Waals surface area contributed by atoms with Crippen LogP contribution in [0.25, 0.3) is 0 Å². The molecule has 0 fully saturated rings. The maximum Gasteiger partial charge on any atom is 0.0997 e. The number of benzene rings is 2. The van der Waals surface area contributed by atoms with Crippen LogP contribution >= 0.6 is 0 Å². The van der Waals surface area contributed by atoms with Crippen molar-refractivity contribution >= 4 is 11.9 Å². The first-order chi connectivity index (χ1) is 12.5. The second-order valence-corrected chi connectivity index (χ2v) is 4.83. The van der Waals surface area contributed by atoms with Gasteiger partial charge in [-0.2, -0.15) is 0 Å². The lowest BCUT2D eigenvalue weighted by molar-refractivity contribution is -0.386. The first-order valence-electron chi connectivity index (χ1n) is 7.92. The van der Waals surface area contributed by atoms with Gasteiger partial charge in [0.2, 0.25) is 0 Å². The van der Waals surface area contributed by atoms with E-state index in [9.17, 15) is 19.8 Å². The van der Waals surface area contributed by atoms with Gasteiger partial charge in [-0.15, -0.1) is 0 Å². The minimum atomic E-state index is -1.37. The third kappa shape index (κ3) is 14.4. The van der Waals surface area contributed by atoms with Crippen molar-refractivity contribution < 1.29 is 31.3 Å². The highest BCUT2D eigenvalue weighted by atomic mass is 16.4. The Morgan fingerprint density at radius 3 is 1.19 bits per heavy atom. The molecule has 6 N–H and O–H groups in total. The number of carbonyl (C=O) groups excluding carboxylic acids is 2. The topological polar surface area (TPSA) is 136 Å². The smallest absolute Gasteiger partial charge is 0.0997 e. The standard InChI is InChI=1S/2C7H9N.C6H6O4/c2*8-6-7-4-2-1-3-5-7;7-5(8)3-1-2-4-6(9)10/h2*1-5H,6,8H2;1-4H,(H,7,8)(H,9,10)/b;;3-1+,4-2+. The summed E-state index contributed by atoms with van der Waals surface area (Å²) in [6.45, 7) is 1.78. The van der Waals surface area contributed by atoms with Gasteiger partial charge in [-0.3, -0.25) is 0 Å². The number of carboxylic acids is 2. The molecule has 2 aromatic carbocycles. The summed E-state index contributed by atoms with van der Waals surface area (Å²) in [5.74, 6) is -2.74. The molecule has 2 aromatic rings. The second kappa shape index (κ2) is 15.3. The highest BCUT2D eigenvalue weighted by molar-refractivity contribution is 5.80. The molecule has 0 heterocycles.